The molecule has 3 nitrogen and oxygen atoms in total. The molecule has 0 unspecified atom stereocenters. The zero-order valence-electron chi connectivity index (χ0n) is 12.1. The molecule has 1 fully saturated rings. The van der Waals surface area contributed by atoms with E-state index in [4.69, 9.17) is 16.3 Å². The largest absolute Gasteiger partial charge is 0.381 e. The molecule has 6 heteroatoms. The molecule has 0 spiro atoms. The molecule has 1 saturated heterocycles. The molecule has 1 aromatic carbocycles. The van der Waals surface area contributed by atoms with E-state index in [0.717, 1.165) is 18.4 Å². The second-order valence-electron chi connectivity index (χ2n) is 5.35. The molecule has 0 amide bonds. The molecule has 3 rings (SSSR count). The monoisotopic (exact) mass is 324 g/mol. The summed E-state index contributed by atoms with van der Waals surface area (Å²) >= 11 is 6.16. The molecule has 2 heterocycles. The predicted octanol–water partition coefficient (Wildman–Crippen LogP) is 4.28. The quantitative estimate of drug-likeness (QED) is 0.827. The summed E-state index contributed by atoms with van der Waals surface area (Å²) in [4.78, 5) is 0. The Bertz CT molecular complexity index is 683. The zero-order valence-corrected chi connectivity index (χ0v) is 12.8. The van der Waals surface area contributed by atoms with Gasteiger partial charge in [0.05, 0.1) is 11.3 Å². The molecule has 0 atom stereocenters. The molecule has 1 aliphatic rings. The molecular weight excluding hydrogens is 310 g/mol. The third-order valence-corrected chi connectivity index (χ3v) is 4.26. The van der Waals surface area contributed by atoms with Crippen molar-refractivity contribution in [2.75, 3.05) is 13.2 Å². The van der Waals surface area contributed by atoms with E-state index in [1.54, 1.807) is 6.92 Å². The molecule has 1 aromatic heterocycles. The molecule has 2 aromatic rings. The summed E-state index contributed by atoms with van der Waals surface area (Å²) in [5.41, 5.74) is 1.60. The standard InChI is InChI=1S/C16H15ClF2N2O/c1-9-13(10-5-7-22-8-6-10)15(16(17)21-20-9)14-11(18)3-2-4-12(14)19/h2-4,10H,5-8H2,1H3. The lowest BCUT2D eigenvalue weighted by molar-refractivity contribution is 0.0852. The Hall–Kier alpha value is -1.59. The van der Waals surface area contributed by atoms with Gasteiger partial charge in [0.25, 0.3) is 0 Å². The van der Waals surface area contributed by atoms with Gasteiger partial charge in [0.2, 0.25) is 0 Å². The van der Waals surface area contributed by atoms with Crippen molar-refractivity contribution in [3.8, 4) is 11.1 Å². The Morgan fingerprint density at radius 1 is 1.09 bits per heavy atom. The highest BCUT2D eigenvalue weighted by molar-refractivity contribution is 6.32. The van der Waals surface area contributed by atoms with E-state index in [1.165, 1.54) is 18.2 Å². The van der Waals surface area contributed by atoms with Crippen molar-refractivity contribution in [3.63, 3.8) is 0 Å². The molecule has 0 N–H and O–H groups in total. The van der Waals surface area contributed by atoms with E-state index in [-0.39, 0.29) is 16.6 Å². The Balaban J connectivity index is 2.24. The zero-order chi connectivity index (χ0) is 15.7. The smallest absolute Gasteiger partial charge is 0.160 e. The van der Waals surface area contributed by atoms with Gasteiger partial charge in [0.15, 0.2) is 5.15 Å². The van der Waals surface area contributed by atoms with Crippen molar-refractivity contribution in [1.29, 1.82) is 0 Å². The fraction of sp³-hybridized carbons (Fsp3) is 0.375. The van der Waals surface area contributed by atoms with Gasteiger partial charge in [-0.25, -0.2) is 8.78 Å². The van der Waals surface area contributed by atoms with E-state index in [9.17, 15) is 8.78 Å². The lowest BCUT2D eigenvalue weighted by Gasteiger charge is -2.26. The third-order valence-electron chi connectivity index (χ3n) is 4.00. The average Bonchev–Trinajstić information content (AvgIpc) is 2.51. The second-order valence-corrected chi connectivity index (χ2v) is 5.71. The van der Waals surface area contributed by atoms with Crippen molar-refractivity contribution in [3.05, 3.63) is 46.2 Å². The normalized spacial score (nSPS) is 16.0. The molecule has 0 bridgehead atoms. The first-order chi connectivity index (χ1) is 10.6. The van der Waals surface area contributed by atoms with E-state index in [1.807, 2.05) is 0 Å². The maximum Gasteiger partial charge on any atom is 0.160 e. The highest BCUT2D eigenvalue weighted by Gasteiger charge is 2.27. The lowest BCUT2D eigenvalue weighted by Crippen LogP contribution is -2.17. The number of nitrogens with zero attached hydrogens (tertiary/aromatic N) is 2. The first kappa shape index (κ1) is 15.3. The lowest BCUT2D eigenvalue weighted by atomic mass is 9.85. The fourth-order valence-corrected chi connectivity index (χ4v) is 3.21. The maximum absolute atomic E-state index is 14.2. The molecule has 116 valence electrons. The van der Waals surface area contributed by atoms with E-state index in [2.05, 4.69) is 10.2 Å². The van der Waals surface area contributed by atoms with Crippen molar-refractivity contribution in [1.82, 2.24) is 10.2 Å². The Morgan fingerprint density at radius 2 is 1.73 bits per heavy atom. The Morgan fingerprint density at radius 3 is 2.36 bits per heavy atom. The number of hydrogen-bond acceptors (Lipinski definition) is 3. The topological polar surface area (TPSA) is 35.0 Å². The number of ether oxygens (including phenoxy) is 1. The highest BCUT2D eigenvalue weighted by Crippen LogP contribution is 2.41. The van der Waals surface area contributed by atoms with E-state index in [0.29, 0.717) is 24.5 Å². The maximum atomic E-state index is 14.2. The van der Waals surface area contributed by atoms with Crippen LogP contribution in [0.2, 0.25) is 5.15 Å². The molecule has 22 heavy (non-hydrogen) atoms. The molecule has 0 saturated carbocycles. The minimum Gasteiger partial charge on any atom is -0.381 e. The van der Waals surface area contributed by atoms with Gasteiger partial charge in [-0.15, -0.1) is 5.10 Å². The van der Waals surface area contributed by atoms with Crippen molar-refractivity contribution < 1.29 is 13.5 Å². The van der Waals surface area contributed by atoms with Crippen molar-refractivity contribution in [2.45, 2.75) is 25.7 Å². The van der Waals surface area contributed by atoms with Crippen LogP contribution in [-0.2, 0) is 4.74 Å². The Labute approximate surface area is 132 Å². The van der Waals surface area contributed by atoms with Gasteiger partial charge < -0.3 is 4.74 Å². The first-order valence-corrected chi connectivity index (χ1v) is 7.52. The molecular formula is C16H15ClF2N2O. The molecule has 1 aliphatic heterocycles. The number of hydrogen-bond donors (Lipinski definition) is 0. The van der Waals surface area contributed by atoms with Crippen molar-refractivity contribution in [2.24, 2.45) is 0 Å². The number of benzene rings is 1. The summed E-state index contributed by atoms with van der Waals surface area (Å²) < 4.78 is 33.8. The van der Waals surface area contributed by atoms with Crippen LogP contribution in [0.1, 0.15) is 30.0 Å². The van der Waals surface area contributed by atoms with Gasteiger partial charge in [-0.3, -0.25) is 0 Å². The summed E-state index contributed by atoms with van der Waals surface area (Å²) in [5, 5.41) is 7.90. The van der Waals surface area contributed by atoms with Gasteiger partial charge >= 0.3 is 0 Å². The summed E-state index contributed by atoms with van der Waals surface area (Å²) in [7, 11) is 0. The van der Waals surface area contributed by atoms with Crippen LogP contribution in [0.4, 0.5) is 8.78 Å². The summed E-state index contributed by atoms with van der Waals surface area (Å²) in [6, 6.07) is 3.77. The van der Waals surface area contributed by atoms with Crippen molar-refractivity contribution >= 4 is 11.6 Å². The number of aromatic nitrogens is 2. The van der Waals surface area contributed by atoms with Crippen LogP contribution < -0.4 is 0 Å². The number of aryl methyl sites for hydroxylation is 1. The summed E-state index contributed by atoms with van der Waals surface area (Å²) in [6.07, 6.45) is 1.54. The van der Waals surface area contributed by atoms with Crippen LogP contribution in [0.5, 0.6) is 0 Å². The van der Waals surface area contributed by atoms with Gasteiger partial charge in [-0.05, 0) is 43.4 Å². The predicted molar refractivity (Wildman–Crippen MR) is 79.9 cm³/mol. The number of halogens is 3. The van der Waals surface area contributed by atoms with Gasteiger partial charge in [-0.1, -0.05) is 17.7 Å². The minimum absolute atomic E-state index is 0.0242. The SMILES string of the molecule is Cc1nnc(Cl)c(-c2c(F)cccc2F)c1C1CCOCC1. The van der Waals surface area contributed by atoms with E-state index >= 15 is 0 Å². The van der Waals surface area contributed by atoms with Crippen LogP contribution in [0.3, 0.4) is 0 Å². The van der Waals surface area contributed by atoms with E-state index < -0.39 is 11.6 Å². The van der Waals surface area contributed by atoms with Crippen LogP contribution in [0, 0.1) is 18.6 Å². The first-order valence-electron chi connectivity index (χ1n) is 7.14. The fourth-order valence-electron chi connectivity index (χ4n) is 2.98. The second kappa shape index (κ2) is 6.26. The number of rotatable bonds is 2. The molecule has 0 aliphatic carbocycles. The van der Waals surface area contributed by atoms with Gasteiger partial charge in [-0.2, -0.15) is 5.10 Å². The Kier molecular flexibility index (Phi) is 4.36. The van der Waals surface area contributed by atoms with Crippen LogP contribution in [-0.4, -0.2) is 23.4 Å². The summed E-state index contributed by atoms with van der Waals surface area (Å²) in [6.45, 7) is 3.02. The third kappa shape index (κ3) is 2.71. The molecule has 0 radical (unpaired) electrons. The van der Waals surface area contributed by atoms with Crippen LogP contribution in [0.25, 0.3) is 11.1 Å². The van der Waals surface area contributed by atoms with Crippen LogP contribution >= 0.6 is 11.6 Å². The minimum atomic E-state index is -0.650. The van der Waals surface area contributed by atoms with Gasteiger partial charge in [0, 0.05) is 18.8 Å². The van der Waals surface area contributed by atoms with Crippen LogP contribution in [0.15, 0.2) is 18.2 Å². The highest BCUT2D eigenvalue weighted by atomic mass is 35.5. The van der Waals surface area contributed by atoms with Gasteiger partial charge in [0.1, 0.15) is 11.6 Å². The average molecular weight is 325 g/mol. The summed E-state index contributed by atoms with van der Waals surface area (Å²) in [5.74, 6) is -1.19.